The number of rotatable bonds is 5. The Kier molecular flexibility index (Phi) is 4.74. The average Bonchev–Trinajstić information content (AvgIpc) is 2.42. The van der Waals surface area contributed by atoms with Gasteiger partial charge in [0.05, 0.1) is 0 Å². The van der Waals surface area contributed by atoms with Gasteiger partial charge in [-0.2, -0.15) is 0 Å². The van der Waals surface area contributed by atoms with E-state index in [-0.39, 0.29) is 5.82 Å². The second-order valence-corrected chi connectivity index (χ2v) is 4.84. The summed E-state index contributed by atoms with van der Waals surface area (Å²) in [6, 6.07) is 10.8. The van der Waals surface area contributed by atoms with E-state index >= 15 is 0 Å². The molecule has 2 nitrogen and oxygen atoms in total. The summed E-state index contributed by atoms with van der Waals surface area (Å²) >= 11 is 0. The van der Waals surface area contributed by atoms with E-state index in [9.17, 15) is 4.39 Å². The molecule has 3 heteroatoms. The van der Waals surface area contributed by atoms with Crippen LogP contribution in [0.25, 0.3) is 0 Å². The third-order valence-corrected chi connectivity index (χ3v) is 3.33. The monoisotopic (exact) mass is 273 g/mol. The average molecular weight is 273 g/mol. The largest absolute Gasteiger partial charge is 0.457 e. The zero-order valence-corrected chi connectivity index (χ0v) is 12.2. The van der Waals surface area contributed by atoms with Crippen LogP contribution in [0.2, 0.25) is 0 Å². The van der Waals surface area contributed by atoms with Crippen LogP contribution in [0, 0.1) is 19.7 Å². The number of ether oxygens (including phenoxy) is 1. The SMILES string of the molecule is CCNCc1c(F)cccc1Oc1ccc(C)c(C)c1. The standard InChI is InChI=1S/C17H20FNO/c1-4-19-11-15-16(18)6-5-7-17(15)20-14-9-8-12(2)13(3)10-14/h5-10,19H,4,11H2,1-3H3. The molecule has 0 aliphatic rings. The normalized spacial score (nSPS) is 10.6. The molecule has 0 saturated carbocycles. The van der Waals surface area contributed by atoms with Crippen molar-refractivity contribution in [3.63, 3.8) is 0 Å². The van der Waals surface area contributed by atoms with Crippen molar-refractivity contribution in [3.8, 4) is 11.5 Å². The van der Waals surface area contributed by atoms with E-state index in [0.717, 1.165) is 17.9 Å². The van der Waals surface area contributed by atoms with E-state index in [4.69, 9.17) is 4.74 Å². The third-order valence-electron chi connectivity index (χ3n) is 3.33. The Balaban J connectivity index is 2.28. The lowest BCUT2D eigenvalue weighted by molar-refractivity contribution is 0.462. The first-order chi connectivity index (χ1) is 9.61. The van der Waals surface area contributed by atoms with Gasteiger partial charge in [-0.15, -0.1) is 0 Å². The van der Waals surface area contributed by atoms with Gasteiger partial charge in [0.1, 0.15) is 17.3 Å². The number of benzene rings is 2. The van der Waals surface area contributed by atoms with Crippen LogP contribution < -0.4 is 10.1 Å². The highest BCUT2D eigenvalue weighted by molar-refractivity contribution is 5.41. The van der Waals surface area contributed by atoms with Crippen molar-refractivity contribution in [2.24, 2.45) is 0 Å². The van der Waals surface area contributed by atoms with Gasteiger partial charge >= 0.3 is 0 Å². The molecule has 20 heavy (non-hydrogen) atoms. The molecule has 0 amide bonds. The Morgan fingerprint density at radius 2 is 1.90 bits per heavy atom. The Hall–Kier alpha value is -1.87. The quantitative estimate of drug-likeness (QED) is 0.874. The molecule has 0 spiro atoms. The summed E-state index contributed by atoms with van der Waals surface area (Å²) in [7, 11) is 0. The van der Waals surface area contributed by atoms with E-state index in [1.807, 2.05) is 32.0 Å². The van der Waals surface area contributed by atoms with Crippen LogP contribution in [0.5, 0.6) is 11.5 Å². The van der Waals surface area contributed by atoms with Crippen molar-refractivity contribution >= 4 is 0 Å². The van der Waals surface area contributed by atoms with E-state index in [1.54, 1.807) is 12.1 Å². The molecular formula is C17H20FNO. The van der Waals surface area contributed by atoms with Crippen LogP contribution in [0.3, 0.4) is 0 Å². The summed E-state index contributed by atoms with van der Waals surface area (Å²) in [5.74, 6) is 1.05. The number of aryl methyl sites for hydroxylation is 2. The second kappa shape index (κ2) is 6.53. The molecule has 0 bridgehead atoms. The van der Waals surface area contributed by atoms with Crippen LogP contribution in [0.1, 0.15) is 23.6 Å². The molecule has 0 unspecified atom stereocenters. The summed E-state index contributed by atoms with van der Waals surface area (Å²) in [5.41, 5.74) is 2.93. The summed E-state index contributed by atoms with van der Waals surface area (Å²) in [6.07, 6.45) is 0. The maximum absolute atomic E-state index is 13.9. The Labute approximate surface area is 119 Å². The van der Waals surface area contributed by atoms with Gasteiger partial charge in [0, 0.05) is 12.1 Å². The number of nitrogens with one attached hydrogen (secondary N) is 1. The maximum atomic E-state index is 13.9. The van der Waals surface area contributed by atoms with Gasteiger partial charge < -0.3 is 10.1 Å². The fourth-order valence-corrected chi connectivity index (χ4v) is 1.96. The molecule has 0 radical (unpaired) electrons. The van der Waals surface area contributed by atoms with E-state index in [1.165, 1.54) is 11.6 Å². The number of hydrogen-bond donors (Lipinski definition) is 1. The van der Waals surface area contributed by atoms with Crippen LogP contribution in [0.15, 0.2) is 36.4 Å². The lowest BCUT2D eigenvalue weighted by atomic mass is 10.1. The lowest BCUT2D eigenvalue weighted by Crippen LogP contribution is -2.13. The minimum Gasteiger partial charge on any atom is -0.457 e. The summed E-state index contributed by atoms with van der Waals surface area (Å²) in [6.45, 7) is 7.33. The van der Waals surface area contributed by atoms with Gasteiger partial charge in [0.2, 0.25) is 0 Å². The highest BCUT2D eigenvalue weighted by Gasteiger charge is 2.10. The summed E-state index contributed by atoms with van der Waals surface area (Å²) < 4.78 is 19.7. The topological polar surface area (TPSA) is 21.3 Å². The zero-order chi connectivity index (χ0) is 14.5. The third kappa shape index (κ3) is 3.36. The predicted molar refractivity (Wildman–Crippen MR) is 79.8 cm³/mol. The first-order valence-electron chi connectivity index (χ1n) is 6.85. The van der Waals surface area contributed by atoms with Crippen molar-refractivity contribution in [1.82, 2.24) is 5.32 Å². The number of hydrogen-bond acceptors (Lipinski definition) is 2. The predicted octanol–water partition coefficient (Wildman–Crippen LogP) is 4.34. The van der Waals surface area contributed by atoms with Crippen molar-refractivity contribution in [1.29, 1.82) is 0 Å². The van der Waals surface area contributed by atoms with Gasteiger partial charge in [-0.3, -0.25) is 0 Å². The van der Waals surface area contributed by atoms with Crippen molar-refractivity contribution in [2.75, 3.05) is 6.54 Å². The Bertz CT molecular complexity index is 596. The molecule has 2 rings (SSSR count). The minimum atomic E-state index is -0.243. The van der Waals surface area contributed by atoms with Crippen LogP contribution >= 0.6 is 0 Å². The van der Waals surface area contributed by atoms with Gasteiger partial charge in [-0.1, -0.05) is 19.1 Å². The van der Waals surface area contributed by atoms with Crippen LogP contribution in [-0.2, 0) is 6.54 Å². The molecule has 0 aliphatic heterocycles. The van der Waals surface area contributed by atoms with E-state index in [0.29, 0.717) is 17.9 Å². The molecule has 2 aromatic carbocycles. The van der Waals surface area contributed by atoms with Gasteiger partial charge in [-0.05, 0) is 55.8 Å². The Morgan fingerprint density at radius 1 is 1.10 bits per heavy atom. The van der Waals surface area contributed by atoms with Crippen molar-refractivity contribution in [2.45, 2.75) is 27.3 Å². The van der Waals surface area contributed by atoms with E-state index in [2.05, 4.69) is 12.2 Å². The molecule has 0 aromatic heterocycles. The minimum absolute atomic E-state index is 0.243. The maximum Gasteiger partial charge on any atom is 0.134 e. The molecule has 1 N–H and O–H groups in total. The van der Waals surface area contributed by atoms with Crippen molar-refractivity contribution in [3.05, 3.63) is 58.9 Å². The molecule has 0 heterocycles. The van der Waals surface area contributed by atoms with E-state index < -0.39 is 0 Å². The highest BCUT2D eigenvalue weighted by atomic mass is 19.1. The molecule has 0 atom stereocenters. The second-order valence-electron chi connectivity index (χ2n) is 4.84. The molecule has 0 fully saturated rings. The molecule has 106 valence electrons. The molecule has 0 aliphatic carbocycles. The van der Waals surface area contributed by atoms with Gasteiger partial charge in [-0.25, -0.2) is 4.39 Å². The van der Waals surface area contributed by atoms with Gasteiger partial charge in [0.25, 0.3) is 0 Å². The Morgan fingerprint density at radius 3 is 2.60 bits per heavy atom. The van der Waals surface area contributed by atoms with Crippen LogP contribution in [-0.4, -0.2) is 6.54 Å². The summed E-state index contributed by atoms with van der Waals surface area (Å²) in [4.78, 5) is 0. The first-order valence-corrected chi connectivity index (χ1v) is 6.85. The molecule has 2 aromatic rings. The fourth-order valence-electron chi connectivity index (χ4n) is 1.96. The highest BCUT2D eigenvalue weighted by Crippen LogP contribution is 2.28. The zero-order valence-electron chi connectivity index (χ0n) is 12.2. The molecule has 0 saturated heterocycles. The fraction of sp³-hybridized carbons (Fsp3) is 0.294. The molecular weight excluding hydrogens is 253 g/mol. The lowest BCUT2D eigenvalue weighted by Gasteiger charge is -2.13. The first kappa shape index (κ1) is 14.5. The smallest absolute Gasteiger partial charge is 0.134 e. The van der Waals surface area contributed by atoms with Gasteiger partial charge in [0.15, 0.2) is 0 Å². The van der Waals surface area contributed by atoms with Crippen LogP contribution in [0.4, 0.5) is 4.39 Å². The summed E-state index contributed by atoms with van der Waals surface area (Å²) in [5, 5.41) is 3.13. The van der Waals surface area contributed by atoms with Crippen molar-refractivity contribution < 1.29 is 9.13 Å². The number of halogens is 1.